The number of likely N-dealkylation sites (tertiary alicyclic amines) is 1. The number of piperidine rings is 1. The van der Waals surface area contributed by atoms with Gasteiger partial charge in [0.25, 0.3) is 11.8 Å². The van der Waals surface area contributed by atoms with E-state index in [1.165, 1.54) is 4.90 Å². The first-order valence-electron chi connectivity index (χ1n) is 12.1. The Morgan fingerprint density at radius 1 is 1.06 bits per heavy atom. The van der Waals surface area contributed by atoms with E-state index in [9.17, 15) is 31.9 Å². The molecule has 4 rings (SSSR count). The molecule has 7 nitrogen and oxygen atoms in total. The van der Waals surface area contributed by atoms with Crippen LogP contribution in [0, 0.1) is 11.7 Å². The highest BCUT2D eigenvalue weighted by Gasteiger charge is 2.51. The van der Waals surface area contributed by atoms with Crippen LogP contribution in [0.1, 0.15) is 60.9 Å². The number of carbonyl (C=O) groups excluding carboxylic acids is 3. The highest BCUT2D eigenvalue weighted by Crippen LogP contribution is 2.34. The van der Waals surface area contributed by atoms with Gasteiger partial charge in [0.1, 0.15) is 11.4 Å². The highest BCUT2D eigenvalue weighted by atomic mass is 19.4. The number of carbonyl (C=O) groups is 3. The second kappa shape index (κ2) is 10.1. The van der Waals surface area contributed by atoms with Crippen LogP contribution in [0.5, 0.6) is 0 Å². The topological polar surface area (TPSA) is 81.8 Å². The smallest absolute Gasteiger partial charge is 0.352 e. The first-order chi connectivity index (χ1) is 16.6. The lowest BCUT2D eigenvalue weighted by Gasteiger charge is -2.33. The minimum absolute atomic E-state index is 0.120. The zero-order valence-corrected chi connectivity index (χ0v) is 19.4. The van der Waals surface area contributed by atoms with Gasteiger partial charge in [0.2, 0.25) is 0 Å². The molecule has 1 aromatic rings. The molecule has 35 heavy (non-hydrogen) atoms. The molecule has 0 aromatic heterocycles. The van der Waals surface area contributed by atoms with Crippen molar-refractivity contribution in [2.24, 2.45) is 5.92 Å². The van der Waals surface area contributed by atoms with E-state index in [0.717, 1.165) is 38.2 Å². The zero-order chi connectivity index (χ0) is 25.2. The Balaban J connectivity index is 1.21. The van der Waals surface area contributed by atoms with E-state index >= 15 is 0 Å². The van der Waals surface area contributed by atoms with Gasteiger partial charge in [0.05, 0.1) is 5.56 Å². The number of nitrogens with zero attached hydrogens (tertiary/aromatic N) is 2. The van der Waals surface area contributed by atoms with Gasteiger partial charge >= 0.3 is 12.2 Å². The summed E-state index contributed by atoms with van der Waals surface area (Å²) >= 11 is 0. The number of amides is 4. The van der Waals surface area contributed by atoms with Crippen LogP contribution in [-0.2, 0) is 11.0 Å². The summed E-state index contributed by atoms with van der Waals surface area (Å²) in [6, 6.07) is 1.48. The van der Waals surface area contributed by atoms with Gasteiger partial charge < -0.3 is 15.5 Å². The van der Waals surface area contributed by atoms with Crippen LogP contribution < -0.4 is 10.6 Å². The summed E-state index contributed by atoms with van der Waals surface area (Å²) in [5, 5.41) is 5.53. The summed E-state index contributed by atoms with van der Waals surface area (Å²) < 4.78 is 52.2. The second-order valence-corrected chi connectivity index (χ2v) is 9.75. The summed E-state index contributed by atoms with van der Waals surface area (Å²) in [6.45, 7) is 2.61. The third kappa shape index (κ3) is 5.76. The van der Waals surface area contributed by atoms with Gasteiger partial charge in [-0.15, -0.1) is 0 Å². The number of benzene rings is 1. The minimum atomic E-state index is -4.73. The number of nitrogens with one attached hydrogen (secondary N) is 2. The third-order valence-corrected chi connectivity index (χ3v) is 7.34. The van der Waals surface area contributed by atoms with E-state index in [1.807, 2.05) is 0 Å². The van der Waals surface area contributed by atoms with Crippen LogP contribution in [0.15, 0.2) is 18.2 Å². The molecule has 11 heteroatoms. The zero-order valence-electron chi connectivity index (χ0n) is 19.4. The maximum Gasteiger partial charge on any atom is 0.416 e. The fraction of sp³-hybridized carbons (Fsp3) is 0.625. The van der Waals surface area contributed by atoms with Gasteiger partial charge in [0, 0.05) is 25.2 Å². The number of urea groups is 1. The van der Waals surface area contributed by atoms with Crippen molar-refractivity contribution in [1.29, 1.82) is 0 Å². The summed E-state index contributed by atoms with van der Waals surface area (Å²) in [6.07, 6.45) is 1.11. The van der Waals surface area contributed by atoms with Crippen molar-refractivity contribution in [3.8, 4) is 0 Å². The normalized spacial score (nSPS) is 21.4. The molecule has 1 spiro atoms. The standard InChI is InChI=1S/C24H30F4N4O3/c25-19-13-17(12-18(14-19)24(26,27)28)20(33)29-15-16-4-8-31(9-5-16)10-11-32-21(34)23(30-22(32)35)6-2-1-3-7-23/h12-14,16H,1-11,15H2,(H,29,33)(H,30,35). The maximum atomic E-state index is 13.6. The van der Waals surface area contributed by atoms with Crippen LogP contribution in [0.2, 0.25) is 0 Å². The monoisotopic (exact) mass is 498 g/mol. The largest absolute Gasteiger partial charge is 0.416 e. The number of halogens is 4. The van der Waals surface area contributed by atoms with Gasteiger partial charge in [-0.3, -0.25) is 14.5 Å². The van der Waals surface area contributed by atoms with E-state index in [4.69, 9.17) is 0 Å². The lowest BCUT2D eigenvalue weighted by Crippen LogP contribution is -2.49. The minimum Gasteiger partial charge on any atom is -0.352 e. The molecule has 192 valence electrons. The molecule has 2 heterocycles. The molecular weight excluding hydrogens is 468 g/mol. The Morgan fingerprint density at radius 3 is 2.40 bits per heavy atom. The van der Waals surface area contributed by atoms with Crippen molar-refractivity contribution in [1.82, 2.24) is 20.4 Å². The maximum absolute atomic E-state index is 13.6. The quantitative estimate of drug-likeness (QED) is 0.465. The molecular formula is C24H30F4N4O3. The van der Waals surface area contributed by atoms with Gasteiger partial charge in [-0.1, -0.05) is 19.3 Å². The molecule has 3 fully saturated rings. The molecule has 4 amide bonds. The SMILES string of the molecule is O=C(NCC1CCN(CCN2C(=O)NC3(CCCCC3)C2=O)CC1)c1cc(F)cc(C(F)(F)F)c1. The number of hydrogen-bond donors (Lipinski definition) is 2. The highest BCUT2D eigenvalue weighted by molar-refractivity contribution is 6.07. The molecule has 0 bridgehead atoms. The van der Waals surface area contributed by atoms with Crippen LogP contribution in [0.25, 0.3) is 0 Å². The summed E-state index contributed by atoms with van der Waals surface area (Å²) in [4.78, 5) is 41.0. The van der Waals surface area contributed by atoms with Crippen molar-refractivity contribution >= 4 is 17.8 Å². The average molecular weight is 499 g/mol. The number of rotatable bonds is 6. The van der Waals surface area contributed by atoms with Gasteiger partial charge in [0.15, 0.2) is 0 Å². The molecule has 2 aliphatic heterocycles. The van der Waals surface area contributed by atoms with Crippen molar-refractivity contribution in [2.75, 3.05) is 32.7 Å². The lowest BCUT2D eigenvalue weighted by molar-refractivity contribution is -0.137. The van der Waals surface area contributed by atoms with Crippen molar-refractivity contribution in [3.63, 3.8) is 0 Å². The Morgan fingerprint density at radius 2 is 1.74 bits per heavy atom. The fourth-order valence-electron chi connectivity index (χ4n) is 5.25. The first kappa shape index (κ1) is 25.4. The fourth-order valence-corrected chi connectivity index (χ4v) is 5.25. The average Bonchev–Trinajstić information content (AvgIpc) is 3.04. The van der Waals surface area contributed by atoms with Crippen LogP contribution in [0.3, 0.4) is 0 Å². The van der Waals surface area contributed by atoms with E-state index < -0.39 is 29.0 Å². The van der Waals surface area contributed by atoms with E-state index in [-0.39, 0.29) is 30.0 Å². The van der Waals surface area contributed by atoms with E-state index in [1.54, 1.807) is 0 Å². The van der Waals surface area contributed by atoms with E-state index in [2.05, 4.69) is 15.5 Å². The molecule has 3 aliphatic rings. The van der Waals surface area contributed by atoms with Crippen LogP contribution in [-0.4, -0.2) is 65.9 Å². The predicted molar refractivity (Wildman–Crippen MR) is 119 cm³/mol. The summed E-state index contributed by atoms with van der Waals surface area (Å²) in [5.74, 6) is -1.84. The molecule has 2 saturated heterocycles. The Kier molecular flexibility index (Phi) is 7.35. The second-order valence-electron chi connectivity index (χ2n) is 9.75. The molecule has 1 aromatic carbocycles. The van der Waals surface area contributed by atoms with Gasteiger partial charge in [-0.05, 0) is 62.9 Å². The summed E-state index contributed by atoms with van der Waals surface area (Å²) in [7, 11) is 0. The van der Waals surface area contributed by atoms with Crippen LogP contribution >= 0.6 is 0 Å². The van der Waals surface area contributed by atoms with Crippen LogP contribution in [0.4, 0.5) is 22.4 Å². The number of hydrogen-bond acceptors (Lipinski definition) is 4. The van der Waals surface area contributed by atoms with Gasteiger partial charge in [-0.2, -0.15) is 13.2 Å². The Labute approximate surface area is 201 Å². The van der Waals surface area contributed by atoms with E-state index in [0.29, 0.717) is 51.2 Å². The molecule has 0 radical (unpaired) electrons. The molecule has 0 unspecified atom stereocenters. The molecule has 2 N–H and O–H groups in total. The molecule has 1 saturated carbocycles. The Bertz CT molecular complexity index is 970. The van der Waals surface area contributed by atoms with Gasteiger partial charge in [-0.25, -0.2) is 9.18 Å². The summed E-state index contributed by atoms with van der Waals surface area (Å²) in [5.41, 5.74) is -2.28. The first-order valence-corrected chi connectivity index (χ1v) is 12.1. The van der Waals surface area contributed by atoms with Crippen molar-refractivity contribution < 1.29 is 31.9 Å². The Hall–Kier alpha value is -2.69. The third-order valence-electron chi connectivity index (χ3n) is 7.34. The molecule has 1 aliphatic carbocycles. The van der Waals surface area contributed by atoms with Crippen molar-refractivity contribution in [3.05, 3.63) is 35.1 Å². The molecule has 0 atom stereocenters. The number of imide groups is 1. The van der Waals surface area contributed by atoms with Crippen molar-refractivity contribution in [2.45, 2.75) is 56.7 Å². The predicted octanol–water partition coefficient (Wildman–Crippen LogP) is 3.54. The number of alkyl halides is 3. The lowest BCUT2D eigenvalue weighted by atomic mass is 9.82.